The largest absolute Gasteiger partial charge is 0.497 e. The summed E-state index contributed by atoms with van der Waals surface area (Å²) in [6, 6.07) is 19.9. The van der Waals surface area contributed by atoms with Crippen LogP contribution in [0.3, 0.4) is 0 Å². The van der Waals surface area contributed by atoms with E-state index in [9.17, 15) is 9.59 Å². The van der Waals surface area contributed by atoms with E-state index in [0.29, 0.717) is 22.6 Å². The molecule has 152 valence electrons. The average Bonchev–Trinajstić information content (AvgIpc) is 2.79. The van der Waals surface area contributed by atoms with Gasteiger partial charge in [0.05, 0.1) is 31.0 Å². The fraction of sp³-hybridized carbons (Fsp3) is 0.130. The summed E-state index contributed by atoms with van der Waals surface area (Å²) in [5.74, 6) is 0.106. The fourth-order valence-electron chi connectivity index (χ4n) is 3.46. The molecule has 0 fully saturated rings. The molecule has 0 bridgehead atoms. The minimum absolute atomic E-state index is 0.139. The molecule has 1 heterocycles. The Bertz CT molecular complexity index is 1110. The second-order valence-electron chi connectivity index (χ2n) is 6.73. The molecule has 0 aliphatic carbocycles. The third-order valence-corrected chi connectivity index (χ3v) is 5.45. The normalized spacial score (nSPS) is 15.2. The third-order valence-electron chi connectivity index (χ3n) is 4.96. The summed E-state index contributed by atoms with van der Waals surface area (Å²) < 4.78 is 10.9. The standard InChI is InChI=1S/C23H19BrN2O4/c1-29-18-5-3-4-17(13-18)26-21(14-6-8-15(9-7-14)23(28)30-2)25-20-11-10-16(24)12-19(20)22(26)27/h3-13,21,25H,1-2H3/t21-/m0/s1. The highest BCUT2D eigenvalue weighted by atomic mass is 79.9. The summed E-state index contributed by atoms with van der Waals surface area (Å²) in [5, 5.41) is 3.45. The third kappa shape index (κ3) is 3.64. The van der Waals surface area contributed by atoms with Gasteiger partial charge in [-0.1, -0.05) is 34.1 Å². The lowest BCUT2D eigenvalue weighted by molar-refractivity contribution is 0.0600. The number of carbonyl (C=O) groups excluding carboxylic acids is 2. The van der Waals surface area contributed by atoms with E-state index in [1.54, 1.807) is 30.2 Å². The zero-order valence-electron chi connectivity index (χ0n) is 16.4. The van der Waals surface area contributed by atoms with E-state index in [4.69, 9.17) is 9.47 Å². The van der Waals surface area contributed by atoms with Crippen molar-refractivity contribution in [2.75, 3.05) is 24.4 Å². The number of rotatable bonds is 4. The van der Waals surface area contributed by atoms with E-state index in [1.165, 1.54) is 7.11 Å². The fourth-order valence-corrected chi connectivity index (χ4v) is 3.82. The Kier molecular flexibility index (Phi) is 5.46. The Morgan fingerprint density at radius 2 is 1.80 bits per heavy atom. The SMILES string of the molecule is COC(=O)c1ccc([C@H]2Nc3ccc(Br)cc3C(=O)N2c2cccc(OC)c2)cc1. The number of fused-ring (bicyclic) bond motifs is 1. The maximum Gasteiger partial charge on any atom is 0.337 e. The van der Waals surface area contributed by atoms with E-state index >= 15 is 0 Å². The molecular weight excluding hydrogens is 448 g/mol. The van der Waals surface area contributed by atoms with Crippen LogP contribution in [-0.4, -0.2) is 26.1 Å². The Balaban J connectivity index is 1.82. The number of benzene rings is 3. The van der Waals surface area contributed by atoms with Crippen LogP contribution in [0, 0.1) is 0 Å². The van der Waals surface area contributed by atoms with Gasteiger partial charge >= 0.3 is 5.97 Å². The molecule has 4 rings (SSSR count). The molecule has 1 amide bonds. The summed E-state index contributed by atoms with van der Waals surface area (Å²) in [6.45, 7) is 0. The Hall–Kier alpha value is -3.32. The van der Waals surface area contributed by atoms with Gasteiger partial charge in [0, 0.05) is 16.2 Å². The van der Waals surface area contributed by atoms with Crippen molar-refractivity contribution in [1.82, 2.24) is 0 Å². The molecule has 3 aromatic rings. The first-order chi connectivity index (χ1) is 14.5. The van der Waals surface area contributed by atoms with E-state index in [-0.39, 0.29) is 5.91 Å². The number of halogens is 1. The van der Waals surface area contributed by atoms with Crippen molar-refractivity contribution in [3.8, 4) is 5.75 Å². The summed E-state index contributed by atoms with van der Waals surface area (Å²) in [7, 11) is 2.93. The van der Waals surface area contributed by atoms with Crippen molar-refractivity contribution in [2.24, 2.45) is 0 Å². The zero-order chi connectivity index (χ0) is 21.3. The van der Waals surface area contributed by atoms with Gasteiger partial charge in [-0.25, -0.2) is 4.79 Å². The van der Waals surface area contributed by atoms with Crippen molar-refractivity contribution in [3.63, 3.8) is 0 Å². The Morgan fingerprint density at radius 3 is 2.50 bits per heavy atom. The van der Waals surface area contributed by atoms with Crippen molar-refractivity contribution in [3.05, 3.63) is 87.9 Å². The minimum atomic E-state index is -0.468. The predicted molar refractivity (Wildman–Crippen MR) is 118 cm³/mol. The number of carbonyl (C=O) groups is 2. The van der Waals surface area contributed by atoms with Gasteiger partial charge in [0.25, 0.3) is 5.91 Å². The maximum absolute atomic E-state index is 13.5. The van der Waals surface area contributed by atoms with Crippen molar-refractivity contribution in [1.29, 1.82) is 0 Å². The molecule has 1 atom stereocenters. The number of nitrogens with zero attached hydrogens (tertiary/aromatic N) is 1. The Morgan fingerprint density at radius 1 is 1.03 bits per heavy atom. The molecule has 30 heavy (non-hydrogen) atoms. The lowest BCUT2D eigenvalue weighted by Gasteiger charge is -2.38. The number of esters is 1. The molecular formula is C23H19BrN2O4. The lowest BCUT2D eigenvalue weighted by atomic mass is 10.0. The molecule has 0 aromatic heterocycles. The summed E-state index contributed by atoms with van der Waals surface area (Å²) in [5.41, 5.74) is 3.27. The first-order valence-corrected chi connectivity index (χ1v) is 10.0. The molecule has 1 aliphatic rings. The van der Waals surface area contributed by atoms with Gasteiger partial charge in [-0.05, 0) is 48.0 Å². The van der Waals surface area contributed by atoms with Gasteiger partial charge in [-0.3, -0.25) is 9.69 Å². The van der Waals surface area contributed by atoms with Gasteiger partial charge in [-0.15, -0.1) is 0 Å². The van der Waals surface area contributed by atoms with Crippen molar-refractivity contribution < 1.29 is 19.1 Å². The van der Waals surface area contributed by atoms with Gasteiger partial charge in [0.2, 0.25) is 0 Å². The predicted octanol–water partition coefficient (Wildman–Crippen LogP) is 5.02. The number of ether oxygens (including phenoxy) is 2. The van der Waals surface area contributed by atoms with E-state index in [1.807, 2.05) is 48.5 Å². The molecule has 0 saturated carbocycles. The van der Waals surface area contributed by atoms with Crippen LogP contribution in [0.25, 0.3) is 0 Å². The smallest absolute Gasteiger partial charge is 0.337 e. The maximum atomic E-state index is 13.5. The molecule has 0 unspecified atom stereocenters. The highest BCUT2D eigenvalue weighted by Gasteiger charge is 2.34. The number of anilines is 2. The minimum Gasteiger partial charge on any atom is -0.497 e. The summed E-state index contributed by atoms with van der Waals surface area (Å²) >= 11 is 3.44. The number of methoxy groups -OCH3 is 2. The van der Waals surface area contributed by atoms with E-state index in [0.717, 1.165) is 15.7 Å². The highest BCUT2D eigenvalue weighted by Crippen LogP contribution is 2.38. The van der Waals surface area contributed by atoms with Gasteiger partial charge in [0.15, 0.2) is 0 Å². The van der Waals surface area contributed by atoms with Crippen LogP contribution < -0.4 is 15.0 Å². The van der Waals surface area contributed by atoms with Crippen LogP contribution in [0.5, 0.6) is 5.75 Å². The van der Waals surface area contributed by atoms with Gasteiger partial charge in [-0.2, -0.15) is 0 Å². The molecule has 7 heteroatoms. The molecule has 1 aliphatic heterocycles. The quantitative estimate of drug-likeness (QED) is 0.547. The van der Waals surface area contributed by atoms with Crippen LogP contribution in [0.1, 0.15) is 32.4 Å². The number of hydrogen-bond acceptors (Lipinski definition) is 5. The van der Waals surface area contributed by atoms with Gasteiger partial charge < -0.3 is 14.8 Å². The number of hydrogen-bond donors (Lipinski definition) is 1. The molecule has 0 saturated heterocycles. The van der Waals surface area contributed by atoms with Crippen LogP contribution in [0.2, 0.25) is 0 Å². The zero-order valence-corrected chi connectivity index (χ0v) is 18.0. The lowest BCUT2D eigenvalue weighted by Crippen LogP contribution is -2.43. The molecule has 6 nitrogen and oxygen atoms in total. The average molecular weight is 467 g/mol. The second-order valence-corrected chi connectivity index (χ2v) is 7.64. The molecule has 3 aromatic carbocycles. The highest BCUT2D eigenvalue weighted by molar-refractivity contribution is 9.10. The van der Waals surface area contributed by atoms with E-state index < -0.39 is 12.1 Å². The monoisotopic (exact) mass is 466 g/mol. The van der Waals surface area contributed by atoms with Crippen molar-refractivity contribution in [2.45, 2.75) is 6.17 Å². The topological polar surface area (TPSA) is 67.9 Å². The first-order valence-electron chi connectivity index (χ1n) is 9.24. The van der Waals surface area contributed by atoms with Crippen molar-refractivity contribution >= 4 is 39.2 Å². The molecule has 0 radical (unpaired) electrons. The summed E-state index contributed by atoms with van der Waals surface area (Å²) in [4.78, 5) is 27.0. The van der Waals surface area contributed by atoms with Crippen LogP contribution in [0.15, 0.2) is 71.2 Å². The molecule has 1 N–H and O–H groups in total. The van der Waals surface area contributed by atoms with E-state index in [2.05, 4.69) is 21.2 Å². The number of nitrogens with one attached hydrogen (secondary N) is 1. The number of amides is 1. The van der Waals surface area contributed by atoms with Crippen LogP contribution in [-0.2, 0) is 4.74 Å². The summed E-state index contributed by atoms with van der Waals surface area (Å²) in [6.07, 6.45) is -0.468. The van der Waals surface area contributed by atoms with Crippen LogP contribution >= 0.6 is 15.9 Å². The molecule has 0 spiro atoms. The second kappa shape index (κ2) is 8.20. The van der Waals surface area contributed by atoms with Gasteiger partial charge in [0.1, 0.15) is 11.9 Å². The Labute approximate surface area is 182 Å². The first kappa shape index (κ1) is 20.0. The van der Waals surface area contributed by atoms with Crippen LogP contribution in [0.4, 0.5) is 11.4 Å².